The van der Waals surface area contributed by atoms with Crippen molar-refractivity contribution in [1.82, 2.24) is 0 Å². The van der Waals surface area contributed by atoms with E-state index >= 15 is 0 Å². The van der Waals surface area contributed by atoms with Crippen LogP contribution in [-0.2, 0) is 17.8 Å². The van der Waals surface area contributed by atoms with Crippen LogP contribution in [0.25, 0.3) is 0 Å². The minimum absolute atomic E-state index is 0.147. The van der Waals surface area contributed by atoms with Crippen molar-refractivity contribution in [2.75, 3.05) is 7.11 Å². The quantitative estimate of drug-likeness (QED) is 0.650. The van der Waals surface area contributed by atoms with Crippen LogP contribution in [-0.4, -0.2) is 7.11 Å². The van der Waals surface area contributed by atoms with Gasteiger partial charge in [-0.1, -0.05) is 31.9 Å². The van der Waals surface area contributed by atoms with Crippen LogP contribution >= 0.6 is 0 Å². The van der Waals surface area contributed by atoms with Crippen molar-refractivity contribution in [2.24, 2.45) is 0 Å². The molecule has 0 heterocycles. The third-order valence-corrected chi connectivity index (χ3v) is 2.49. The Morgan fingerprint density at radius 3 is 2.67 bits per heavy atom. The van der Waals surface area contributed by atoms with Gasteiger partial charge in [-0.2, -0.15) is 0 Å². The maximum atomic E-state index is 13.5. The molecule has 0 spiro atoms. The van der Waals surface area contributed by atoms with Crippen molar-refractivity contribution in [1.29, 1.82) is 0 Å². The van der Waals surface area contributed by atoms with Crippen LogP contribution in [0.3, 0.4) is 0 Å². The van der Waals surface area contributed by atoms with Crippen molar-refractivity contribution in [3.63, 3.8) is 0 Å². The first kappa shape index (κ1) is 12.2. The Hall–Kier alpha value is -0.890. The average Bonchev–Trinajstić information content (AvgIpc) is 2.23. The van der Waals surface area contributed by atoms with E-state index < -0.39 is 0 Å². The molecule has 0 saturated carbocycles. The second kappa shape index (κ2) is 6.57. The highest BCUT2D eigenvalue weighted by atomic mass is 19.1. The van der Waals surface area contributed by atoms with Gasteiger partial charge in [-0.3, -0.25) is 0 Å². The van der Waals surface area contributed by atoms with Crippen LogP contribution in [0.1, 0.15) is 37.3 Å². The van der Waals surface area contributed by atoms with Gasteiger partial charge < -0.3 is 4.74 Å². The van der Waals surface area contributed by atoms with Crippen LogP contribution in [0.5, 0.6) is 0 Å². The zero-order valence-corrected chi connectivity index (χ0v) is 9.55. The van der Waals surface area contributed by atoms with E-state index in [4.69, 9.17) is 4.74 Å². The molecule has 0 aliphatic carbocycles. The van der Waals surface area contributed by atoms with E-state index in [1.807, 2.05) is 12.1 Å². The molecule has 0 atom stereocenters. The molecule has 0 amide bonds. The van der Waals surface area contributed by atoms with Crippen LogP contribution in [0.15, 0.2) is 18.2 Å². The smallest absolute Gasteiger partial charge is 0.128 e. The van der Waals surface area contributed by atoms with E-state index in [0.29, 0.717) is 12.2 Å². The monoisotopic (exact) mass is 210 g/mol. The molecule has 1 nitrogen and oxygen atoms in total. The lowest BCUT2D eigenvalue weighted by molar-refractivity contribution is 0.181. The van der Waals surface area contributed by atoms with Gasteiger partial charge in [0.1, 0.15) is 5.82 Å². The largest absolute Gasteiger partial charge is 0.380 e. The lowest BCUT2D eigenvalue weighted by Gasteiger charge is -2.05. The molecule has 0 aliphatic rings. The SMILES string of the molecule is CCCCCc1ccc(COC)c(F)c1. The molecule has 0 aromatic heterocycles. The molecule has 84 valence electrons. The summed E-state index contributed by atoms with van der Waals surface area (Å²) >= 11 is 0. The summed E-state index contributed by atoms with van der Waals surface area (Å²) in [6.45, 7) is 2.52. The molecule has 0 unspecified atom stereocenters. The van der Waals surface area contributed by atoms with Gasteiger partial charge in [-0.15, -0.1) is 0 Å². The predicted molar refractivity (Wildman–Crippen MR) is 60.3 cm³/mol. The van der Waals surface area contributed by atoms with E-state index in [9.17, 15) is 4.39 Å². The molecular formula is C13H19FO. The fraction of sp³-hybridized carbons (Fsp3) is 0.538. The number of hydrogen-bond acceptors (Lipinski definition) is 1. The van der Waals surface area contributed by atoms with Gasteiger partial charge in [0.2, 0.25) is 0 Å². The highest BCUT2D eigenvalue weighted by Crippen LogP contribution is 2.13. The molecule has 0 bridgehead atoms. The summed E-state index contributed by atoms with van der Waals surface area (Å²) in [4.78, 5) is 0. The number of unbranched alkanes of at least 4 members (excludes halogenated alkanes) is 2. The van der Waals surface area contributed by atoms with Gasteiger partial charge in [0.25, 0.3) is 0 Å². The summed E-state index contributed by atoms with van der Waals surface area (Å²) in [5, 5.41) is 0. The van der Waals surface area contributed by atoms with E-state index in [1.165, 1.54) is 12.8 Å². The third kappa shape index (κ3) is 4.00. The Kier molecular flexibility index (Phi) is 5.33. The fourth-order valence-electron chi connectivity index (χ4n) is 1.60. The Bertz CT molecular complexity index is 297. The van der Waals surface area contributed by atoms with Gasteiger partial charge in [0.15, 0.2) is 0 Å². The van der Waals surface area contributed by atoms with Crippen LogP contribution in [0, 0.1) is 5.82 Å². The predicted octanol–water partition coefficient (Wildman–Crippen LogP) is 3.70. The van der Waals surface area contributed by atoms with E-state index in [0.717, 1.165) is 18.4 Å². The van der Waals surface area contributed by atoms with E-state index in [1.54, 1.807) is 13.2 Å². The Morgan fingerprint density at radius 1 is 1.27 bits per heavy atom. The molecule has 2 heteroatoms. The van der Waals surface area contributed by atoms with Crippen LogP contribution < -0.4 is 0 Å². The second-order valence-corrected chi connectivity index (χ2v) is 3.82. The number of methoxy groups -OCH3 is 1. The maximum absolute atomic E-state index is 13.5. The normalized spacial score (nSPS) is 10.6. The molecule has 1 rings (SSSR count). The number of benzene rings is 1. The average molecular weight is 210 g/mol. The molecule has 0 aliphatic heterocycles. The first-order chi connectivity index (χ1) is 7.27. The minimum Gasteiger partial charge on any atom is -0.380 e. The lowest BCUT2D eigenvalue weighted by atomic mass is 10.1. The summed E-state index contributed by atoms with van der Waals surface area (Å²) < 4.78 is 18.4. The zero-order chi connectivity index (χ0) is 11.1. The summed E-state index contributed by atoms with van der Waals surface area (Å²) in [6.07, 6.45) is 4.52. The summed E-state index contributed by atoms with van der Waals surface area (Å²) in [5.41, 5.74) is 1.72. The third-order valence-electron chi connectivity index (χ3n) is 2.49. The molecule has 0 saturated heterocycles. The fourth-order valence-corrected chi connectivity index (χ4v) is 1.60. The number of aryl methyl sites for hydroxylation is 1. The number of hydrogen-bond donors (Lipinski definition) is 0. The second-order valence-electron chi connectivity index (χ2n) is 3.82. The van der Waals surface area contributed by atoms with Gasteiger partial charge in [0.05, 0.1) is 6.61 Å². The first-order valence-electron chi connectivity index (χ1n) is 5.54. The van der Waals surface area contributed by atoms with E-state index in [2.05, 4.69) is 6.92 Å². The summed E-state index contributed by atoms with van der Waals surface area (Å²) in [6, 6.07) is 5.44. The highest BCUT2D eigenvalue weighted by molar-refractivity contribution is 5.24. The Labute approximate surface area is 91.3 Å². The molecule has 1 aromatic rings. The summed E-state index contributed by atoms with van der Waals surface area (Å²) in [5.74, 6) is -0.147. The molecule has 0 radical (unpaired) electrons. The number of rotatable bonds is 6. The van der Waals surface area contributed by atoms with Crippen molar-refractivity contribution >= 4 is 0 Å². The molecule has 1 aromatic carbocycles. The van der Waals surface area contributed by atoms with Gasteiger partial charge in [-0.25, -0.2) is 4.39 Å². The zero-order valence-electron chi connectivity index (χ0n) is 9.55. The highest BCUT2D eigenvalue weighted by Gasteiger charge is 2.02. The molecule has 15 heavy (non-hydrogen) atoms. The van der Waals surface area contributed by atoms with Crippen LogP contribution in [0.4, 0.5) is 4.39 Å². The van der Waals surface area contributed by atoms with Crippen molar-refractivity contribution in [3.05, 3.63) is 35.1 Å². The van der Waals surface area contributed by atoms with Gasteiger partial charge in [0, 0.05) is 12.7 Å². The topological polar surface area (TPSA) is 9.23 Å². The molecule has 0 N–H and O–H groups in total. The van der Waals surface area contributed by atoms with Crippen molar-refractivity contribution in [2.45, 2.75) is 39.2 Å². The van der Waals surface area contributed by atoms with E-state index in [-0.39, 0.29) is 5.82 Å². The number of halogens is 1. The minimum atomic E-state index is -0.147. The summed E-state index contributed by atoms with van der Waals surface area (Å²) in [7, 11) is 1.58. The standard InChI is InChI=1S/C13H19FO/c1-3-4-5-6-11-7-8-12(10-15-2)13(14)9-11/h7-9H,3-6,10H2,1-2H3. The van der Waals surface area contributed by atoms with Crippen LogP contribution in [0.2, 0.25) is 0 Å². The van der Waals surface area contributed by atoms with Crippen molar-refractivity contribution in [3.8, 4) is 0 Å². The Balaban J connectivity index is 2.56. The van der Waals surface area contributed by atoms with Gasteiger partial charge in [-0.05, 0) is 24.5 Å². The first-order valence-corrected chi connectivity index (χ1v) is 5.54. The Morgan fingerprint density at radius 2 is 2.07 bits per heavy atom. The maximum Gasteiger partial charge on any atom is 0.128 e. The molecule has 0 fully saturated rings. The molecular weight excluding hydrogens is 191 g/mol. The van der Waals surface area contributed by atoms with Crippen molar-refractivity contribution < 1.29 is 9.13 Å². The van der Waals surface area contributed by atoms with Gasteiger partial charge >= 0.3 is 0 Å². The number of ether oxygens (including phenoxy) is 1. The lowest BCUT2D eigenvalue weighted by Crippen LogP contribution is -1.95.